The highest BCUT2D eigenvalue weighted by atomic mass is 127. The zero-order chi connectivity index (χ0) is 14.7. The van der Waals surface area contributed by atoms with Gasteiger partial charge in [-0.3, -0.25) is 4.79 Å². The summed E-state index contributed by atoms with van der Waals surface area (Å²) in [5.41, 5.74) is 1.36. The van der Waals surface area contributed by atoms with Crippen LogP contribution in [0.5, 0.6) is 5.75 Å². The molecular formula is C15H13ClINO2. The van der Waals surface area contributed by atoms with E-state index in [1.54, 1.807) is 36.4 Å². The standard InChI is InChI=1S/C15H13ClINO2/c1-9(10-3-2-4-12(19)7-10)18-15(20)11-5-6-14(17)13(16)8-11/h2-9,19H,1H3,(H,18,20). The second kappa shape index (κ2) is 6.45. The van der Waals surface area contributed by atoms with Crippen molar-refractivity contribution in [3.8, 4) is 5.75 Å². The third kappa shape index (κ3) is 3.64. The van der Waals surface area contributed by atoms with Gasteiger partial charge in [-0.15, -0.1) is 0 Å². The zero-order valence-electron chi connectivity index (χ0n) is 10.7. The van der Waals surface area contributed by atoms with Gasteiger partial charge in [0.25, 0.3) is 5.91 Å². The van der Waals surface area contributed by atoms with Gasteiger partial charge in [0.05, 0.1) is 11.1 Å². The van der Waals surface area contributed by atoms with Crippen LogP contribution in [0.4, 0.5) is 0 Å². The zero-order valence-corrected chi connectivity index (χ0v) is 13.6. The number of carbonyl (C=O) groups is 1. The van der Waals surface area contributed by atoms with Crippen LogP contribution in [0.3, 0.4) is 0 Å². The van der Waals surface area contributed by atoms with Crippen LogP contribution >= 0.6 is 34.2 Å². The van der Waals surface area contributed by atoms with Gasteiger partial charge in [0.15, 0.2) is 0 Å². The van der Waals surface area contributed by atoms with Crippen molar-refractivity contribution in [1.82, 2.24) is 5.32 Å². The molecule has 5 heteroatoms. The lowest BCUT2D eigenvalue weighted by Crippen LogP contribution is -2.26. The summed E-state index contributed by atoms with van der Waals surface area (Å²) in [6, 6.07) is 11.8. The van der Waals surface area contributed by atoms with Crippen molar-refractivity contribution in [2.75, 3.05) is 0 Å². The molecule has 2 aromatic rings. The van der Waals surface area contributed by atoms with Crippen molar-refractivity contribution in [1.29, 1.82) is 0 Å². The fraction of sp³-hybridized carbons (Fsp3) is 0.133. The van der Waals surface area contributed by atoms with Crippen molar-refractivity contribution in [3.63, 3.8) is 0 Å². The molecule has 0 aromatic heterocycles. The van der Waals surface area contributed by atoms with E-state index in [-0.39, 0.29) is 17.7 Å². The summed E-state index contributed by atoms with van der Waals surface area (Å²) in [7, 11) is 0. The summed E-state index contributed by atoms with van der Waals surface area (Å²) in [6.07, 6.45) is 0. The number of aromatic hydroxyl groups is 1. The van der Waals surface area contributed by atoms with Crippen LogP contribution in [0.15, 0.2) is 42.5 Å². The van der Waals surface area contributed by atoms with Crippen LogP contribution in [0.1, 0.15) is 28.9 Å². The molecule has 0 aliphatic rings. The Morgan fingerprint density at radius 1 is 1.30 bits per heavy atom. The van der Waals surface area contributed by atoms with Crippen molar-refractivity contribution in [2.45, 2.75) is 13.0 Å². The molecule has 3 nitrogen and oxygen atoms in total. The maximum Gasteiger partial charge on any atom is 0.251 e. The van der Waals surface area contributed by atoms with Crippen LogP contribution in [0, 0.1) is 3.57 Å². The average Bonchev–Trinajstić information content (AvgIpc) is 2.41. The Labute approximate surface area is 136 Å². The predicted molar refractivity (Wildman–Crippen MR) is 88.2 cm³/mol. The first kappa shape index (κ1) is 15.1. The van der Waals surface area contributed by atoms with Gasteiger partial charge >= 0.3 is 0 Å². The Morgan fingerprint density at radius 2 is 2.05 bits per heavy atom. The molecule has 1 unspecified atom stereocenters. The number of nitrogens with one attached hydrogen (secondary N) is 1. The van der Waals surface area contributed by atoms with Crippen molar-refractivity contribution < 1.29 is 9.90 Å². The van der Waals surface area contributed by atoms with Crippen LogP contribution < -0.4 is 5.32 Å². The highest BCUT2D eigenvalue weighted by Crippen LogP contribution is 2.21. The molecule has 1 amide bonds. The van der Waals surface area contributed by atoms with Crippen LogP contribution in [-0.2, 0) is 0 Å². The molecule has 2 rings (SSSR count). The Hall–Kier alpha value is -1.27. The Bertz CT molecular complexity index is 646. The highest BCUT2D eigenvalue weighted by molar-refractivity contribution is 14.1. The molecule has 2 N–H and O–H groups in total. The second-order valence-corrected chi connectivity index (χ2v) is 5.99. The second-order valence-electron chi connectivity index (χ2n) is 4.42. The first-order valence-electron chi connectivity index (χ1n) is 6.02. The topological polar surface area (TPSA) is 49.3 Å². The summed E-state index contributed by atoms with van der Waals surface area (Å²) >= 11 is 8.12. The predicted octanol–water partition coefficient (Wildman–Crippen LogP) is 4.14. The third-order valence-corrected chi connectivity index (χ3v) is 4.47. The maximum absolute atomic E-state index is 12.1. The number of phenolic OH excluding ortho intramolecular Hbond substituents is 1. The smallest absolute Gasteiger partial charge is 0.251 e. The van der Waals surface area contributed by atoms with E-state index < -0.39 is 0 Å². The molecule has 2 aromatic carbocycles. The summed E-state index contributed by atoms with van der Waals surface area (Å²) in [5.74, 6) is -0.0138. The minimum atomic E-state index is -0.201. The third-order valence-electron chi connectivity index (χ3n) is 2.90. The lowest BCUT2D eigenvalue weighted by molar-refractivity contribution is 0.0940. The molecule has 1 atom stereocenters. The number of hydrogen-bond acceptors (Lipinski definition) is 2. The lowest BCUT2D eigenvalue weighted by atomic mass is 10.1. The van der Waals surface area contributed by atoms with E-state index >= 15 is 0 Å². The van der Waals surface area contributed by atoms with Gasteiger partial charge < -0.3 is 10.4 Å². The largest absolute Gasteiger partial charge is 0.508 e. The van der Waals surface area contributed by atoms with Crippen molar-refractivity contribution in [2.24, 2.45) is 0 Å². The summed E-state index contributed by atoms with van der Waals surface area (Å²) in [4.78, 5) is 12.1. The number of benzene rings is 2. The molecule has 104 valence electrons. The van der Waals surface area contributed by atoms with Crippen LogP contribution in [0.25, 0.3) is 0 Å². The summed E-state index contributed by atoms with van der Waals surface area (Å²) < 4.78 is 0.904. The fourth-order valence-corrected chi connectivity index (χ4v) is 2.31. The van der Waals surface area contributed by atoms with Gasteiger partial charge in [0.1, 0.15) is 5.75 Å². The molecule has 0 spiro atoms. The maximum atomic E-state index is 12.1. The van der Waals surface area contributed by atoms with Crippen molar-refractivity contribution in [3.05, 3.63) is 62.2 Å². The SMILES string of the molecule is CC(NC(=O)c1ccc(I)c(Cl)c1)c1cccc(O)c1. The number of rotatable bonds is 3. The number of amides is 1. The average molecular weight is 402 g/mol. The molecule has 0 radical (unpaired) electrons. The highest BCUT2D eigenvalue weighted by Gasteiger charge is 2.12. The molecule has 0 saturated heterocycles. The summed E-state index contributed by atoms with van der Waals surface area (Å²) in [5, 5.41) is 12.9. The van der Waals surface area contributed by atoms with E-state index in [0.717, 1.165) is 9.13 Å². The van der Waals surface area contributed by atoms with Gasteiger partial charge in [-0.2, -0.15) is 0 Å². The van der Waals surface area contributed by atoms with Gasteiger partial charge in [0.2, 0.25) is 0 Å². The van der Waals surface area contributed by atoms with Crippen molar-refractivity contribution >= 4 is 40.1 Å². The van der Waals surface area contributed by atoms with E-state index in [4.69, 9.17) is 11.6 Å². The molecule has 0 heterocycles. The lowest BCUT2D eigenvalue weighted by Gasteiger charge is -2.15. The number of hydrogen-bond donors (Lipinski definition) is 2. The molecule has 0 aliphatic carbocycles. The molecule has 20 heavy (non-hydrogen) atoms. The fourth-order valence-electron chi connectivity index (χ4n) is 1.79. The Balaban J connectivity index is 2.13. The van der Waals surface area contributed by atoms with Gasteiger partial charge in [-0.25, -0.2) is 0 Å². The van der Waals surface area contributed by atoms with E-state index in [1.807, 2.05) is 13.0 Å². The molecular weight excluding hydrogens is 389 g/mol. The normalized spacial score (nSPS) is 11.9. The van der Waals surface area contributed by atoms with Gasteiger partial charge in [-0.05, 0) is 65.4 Å². The Morgan fingerprint density at radius 3 is 2.70 bits per heavy atom. The number of halogens is 2. The molecule has 0 saturated carbocycles. The minimum Gasteiger partial charge on any atom is -0.508 e. The van der Waals surface area contributed by atoms with E-state index in [9.17, 15) is 9.90 Å². The molecule has 0 fully saturated rings. The number of phenols is 1. The van der Waals surface area contributed by atoms with Crippen LogP contribution in [-0.4, -0.2) is 11.0 Å². The minimum absolute atomic E-state index is 0.181. The van der Waals surface area contributed by atoms with E-state index in [2.05, 4.69) is 27.9 Å². The first-order valence-corrected chi connectivity index (χ1v) is 7.48. The van der Waals surface area contributed by atoms with Crippen LogP contribution in [0.2, 0.25) is 5.02 Å². The monoisotopic (exact) mass is 401 g/mol. The summed E-state index contributed by atoms with van der Waals surface area (Å²) in [6.45, 7) is 1.86. The number of carbonyl (C=O) groups excluding carboxylic acids is 1. The van der Waals surface area contributed by atoms with E-state index in [1.165, 1.54) is 0 Å². The van der Waals surface area contributed by atoms with Gasteiger partial charge in [-0.1, -0.05) is 23.7 Å². The molecule has 0 bridgehead atoms. The van der Waals surface area contributed by atoms with E-state index in [0.29, 0.717) is 10.6 Å². The Kier molecular flexibility index (Phi) is 4.88. The quantitative estimate of drug-likeness (QED) is 0.760. The first-order chi connectivity index (χ1) is 9.47. The molecule has 0 aliphatic heterocycles. The van der Waals surface area contributed by atoms with Gasteiger partial charge in [0, 0.05) is 9.13 Å².